The van der Waals surface area contributed by atoms with Crippen LogP contribution in [0.1, 0.15) is 27.7 Å². The Hall–Kier alpha value is -0.0500. The van der Waals surface area contributed by atoms with Crippen molar-refractivity contribution in [3.63, 3.8) is 0 Å². The van der Waals surface area contributed by atoms with E-state index >= 15 is 0 Å². The standard InChI is InChI=1S/C12H27N2.ClH/c1-6-14(7-2,8-3)10-9-13-11-12(4)5;/h13H,4,6-11H2,1-3,5H3;1H/q+1;/p-1. The number of nitrogens with one attached hydrogen (secondary N) is 1. The Kier molecular flexibility index (Phi) is 10.6. The van der Waals surface area contributed by atoms with Crippen LogP contribution in [-0.4, -0.2) is 43.8 Å². The smallest absolute Gasteiger partial charge is 0.0913 e. The van der Waals surface area contributed by atoms with Crippen molar-refractivity contribution in [1.82, 2.24) is 5.32 Å². The normalized spacial score (nSPS) is 10.9. The van der Waals surface area contributed by atoms with E-state index < -0.39 is 0 Å². The summed E-state index contributed by atoms with van der Waals surface area (Å²) in [6.45, 7) is 19.8. The zero-order chi connectivity index (χ0) is 11.0. The Balaban J connectivity index is 0. The van der Waals surface area contributed by atoms with Gasteiger partial charge in [-0.1, -0.05) is 12.2 Å². The van der Waals surface area contributed by atoms with Gasteiger partial charge < -0.3 is 22.2 Å². The predicted octanol–water partition coefficient (Wildman–Crippen LogP) is -0.967. The number of hydrogen-bond acceptors (Lipinski definition) is 1. The summed E-state index contributed by atoms with van der Waals surface area (Å²) in [7, 11) is 0. The van der Waals surface area contributed by atoms with Gasteiger partial charge in [0.2, 0.25) is 0 Å². The van der Waals surface area contributed by atoms with E-state index in [4.69, 9.17) is 0 Å². The monoisotopic (exact) mass is 234 g/mol. The van der Waals surface area contributed by atoms with E-state index in [1.54, 1.807) is 0 Å². The number of nitrogens with zero attached hydrogens (tertiary/aromatic N) is 1. The number of hydrogen-bond donors (Lipinski definition) is 1. The van der Waals surface area contributed by atoms with Crippen molar-refractivity contribution < 1.29 is 16.9 Å². The van der Waals surface area contributed by atoms with E-state index in [9.17, 15) is 0 Å². The fourth-order valence-corrected chi connectivity index (χ4v) is 1.76. The van der Waals surface area contributed by atoms with Crippen molar-refractivity contribution in [2.45, 2.75) is 27.7 Å². The van der Waals surface area contributed by atoms with Crippen molar-refractivity contribution in [3.8, 4) is 0 Å². The largest absolute Gasteiger partial charge is 1.00 e. The van der Waals surface area contributed by atoms with Crippen molar-refractivity contribution in [1.29, 1.82) is 0 Å². The van der Waals surface area contributed by atoms with Crippen molar-refractivity contribution in [2.75, 3.05) is 39.3 Å². The molecule has 0 aliphatic rings. The molecule has 92 valence electrons. The van der Waals surface area contributed by atoms with Crippen molar-refractivity contribution in [2.24, 2.45) is 0 Å². The molecule has 0 atom stereocenters. The molecule has 0 heterocycles. The lowest BCUT2D eigenvalue weighted by Crippen LogP contribution is -3.00. The summed E-state index contributed by atoms with van der Waals surface area (Å²) in [5.74, 6) is 0. The second-order valence-electron chi connectivity index (χ2n) is 4.15. The van der Waals surface area contributed by atoms with E-state index in [-0.39, 0.29) is 12.4 Å². The van der Waals surface area contributed by atoms with Crippen LogP contribution in [0.25, 0.3) is 0 Å². The molecule has 0 aliphatic heterocycles. The highest BCUT2D eigenvalue weighted by Crippen LogP contribution is 2.03. The van der Waals surface area contributed by atoms with Crippen LogP contribution in [0, 0.1) is 0 Å². The van der Waals surface area contributed by atoms with E-state index in [0.29, 0.717) is 0 Å². The van der Waals surface area contributed by atoms with Crippen LogP contribution in [-0.2, 0) is 0 Å². The van der Waals surface area contributed by atoms with Gasteiger partial charge in [-0.3, -0.25) is 0 Å². The maximum Gasteiger partial charge on any atom is 0.0913 e. The molecular formula is C12H27ClN2. The number of quaternary nitrogens is 1. The third kappa shape index (κ3) is 6.93. The second kappa shape index (κ2) is 9.20. The Morgan fingerprint density at radius 1 is 1.13 bits per heavy atom. The molecule has 0 saturated heterocycles. The molecular weight excluding hydrogens is 208 g/mol. The van der Waals surface area contributed by atoms with Gasteiger partial charge in [-0.05, 0) is 27.7 Å². The zero-order valence-corrected chi connectivity index (χ0v) is 11.5. The molecule has 3 heteroatoms. The van der Waals surface area contributed by atoms with Gasteiger partial charge in [0.15, 0.2) is 0 Å². The lowest BCUT2D eigenvalue weighted by molar-refractivity contribution is -0.922. The first-order valence-corrected chi connectivity index (χ1v) is 5.80. The SMILES string of the molecule is C=C(C)CNCC[N+](CC)(CC)CC.[Cl-]. The van der Waals surface area contributed by atoms with Crippen LogP contribution < -0.4 is 17.7 Å². The maximum atomic E-state index is 3.88. The summed E-state index contributed by atoms with van der Waals surface area (Å²) in [6.07, 6.45) is 0. The highest BCUT2D eigenvalue weighted by atomic mass is 35.5. The molecule has 0 fully saturated rings. The van der Waals surface area contributed by atoms with Gasteiger partial charge in [-0.2, -0.15) is 0 Å². The first kappa shape index (κ1) is 17.3. The summed E-state index contributed by atoms with van der Waals surface area (Å²) in [6, 6.07) is 0. The quantitative estimate of drug-likeness (QED) is 0.324. The summed E-state index contributed by atoms with van der Waals surface area (Å²) in [5, 5.41) is 3.43. The molecule has 0 aliphatic carbocycles. The Morgan fingerprint density at radius 2 is 1.60 bits per heavy atom. The topological polar surface area (TPSA) is 12.0 Å². The minimum Gasteiger partial charge on any atom is -1.00 e. The van der Waals surface area contributed by atoms with Gasteiger partial charge in [0.1, 0.15) is 0 Å². The Morgan fingerprint density at radius 3 is 1.93 bits per heavy atom. The van der Waals surface area contributed by atoms with Crippen LogP contribution >= 0.6 is 0 Å². The average Bonchev–Trinajstić information content (AvgIpc) is 2.19. The molecule has 15 heavy (non-hydrogen) atoms. The van der Waals surface area contributed by atoms with Crippen molar-refractivity contribution >= 4 is 0 Å². The molecule has 0 radical (unpaired) electrons. The number of halogens is 1. The van der Waals surface area contributed by atoms with Crippen LogP contribution in [0.2, 0.25) is 0 Å². The maximum absolute atomic E-state index is 3.88. The molecule has 0 amide bonds. The van der Waals surface area contributed by atoms with Crippen LogP contribution in [0.5, 0.6) is 0 Å². The summed E-state index contributed by atoms with van der Waals surface area (Å²) in [5.41, 5.74) is 1.22. The summed E-state index contributed by atoms with van der Waals surface area (Å²) >= 11 is 0. The number of rotatable bonds is 8. The third-order valence-electron chi connectivity index (χ3n) is 3.20. The van der Waals surface area contributed by atoms with Crippen LogP contribution in [0.4, 0.5) is 0 Å². The van der Waals surface area contributed by atoms with Gasteiger partial charge in [0, 0.05) is 13.1 Å². The lowest BCUT2D eigenvalue weighted by Gasteiger charge is -2.35. The molecule has 0 spiro atoms. The van der Waals surface area contributed by atoms with Crippen LogP contribution in [0.3, 0.4) is 0 Å². The van der Waals surface area contributed by atoms with Crippen LogP contribution in [0.15, 0.2) is 12.2 Å². The molecule has 0 aromatic rings. The highest BCUT2D eigenvalue weighted by Gasteiger charge is 2.19. The molecule has 0 rings (SSSR count). The molecule has 2 nitrogen and oxygen atoms in total. The van der Waals surface area contributed by atoms with E-state index in [1.807, 2.05) is 0 Å². The molecule has 0 bridgehead atoms. The fourth-order valence-electron chi connectivity index (χ4n) is 1.76. The number of likely N-dealkylation sites (N-methyl/N-ethyl adjacent to an activating group) is 1. The van der Waals surface area contributed by atoms with Gasteiger partial charge in [-0.15, -0.1) is 0 Å². The van der Waals surface area contributed by atoms with Gasteiger partial charge in [0.25, 0.3) is 0 Å². The van der Waals surface area contributed by atoms with Gasteiger partial charge in [-0.25, -0.2) is 0 Å². The summed E-state index contributed by atoms with van der Waals surface area (Å²) in [4.78, 5) is 0. The van der Waals surface area contributed by atoms with Gasteiger partial charge in [0.05, 0.1) is 26.2 Å². The molecule has 0 aromatic carbocycles. The fraction of sp³-hybridized carbons (Fsp3) is 0.833. The Labute approximate surface area is 102 Å². The lowest BCUT2D eigenvalue weighted by atomic mass is 10.3. The zero-order valence-electron chi connectivity index (χ0n) is 10.8. The van der Waals surface area contributed by atoms with Gasteiger partial charge >= 0.3 is 0 Å². The highest BCUT2D eigenvalue weighted by molar-refractivity contribution is 4.90. The van der Waals surface area contributed by atoms with E-state index in [2.05, 4.69) is 39.6 Å². The molecule has 0 unspecified atom stereocenters. The predicted molar refractivity (Wildman–Crippen MR) is 64.4 cm³/mol. The molecule has 1 N–H and O–H groups in total. The van der Waals surface area contributed by atoms with E-state index in [0.717, 1.165) is 13.1 Å². The second-order valence-corrected chi connectivity index (χ2v) is 4.15. The first-order valence-electron chi connectivity index (χ1n) is 5.80. The minimum absolute atomic E-state index is 0. The molecule has 0 saturated carbocycles. The average molecular weight is 235 g/mol. The first-order chi connectivity index (χ1) is 6.60. The summed E-state index contributed by atoms with van der Waals surface area (Å²) < 4.78 is 1.23. The van der Waals surface area contributed by atoms with E-state index in [1.165, 1.54) is 36.2 Å². The Bertz CT molecular complexity index is 157. The third-order valence-corrected chi connectivity index (χ3v) is 3.20. The molecule has 0 aromatic heterocycles. The minimum atomic E-state index is 0. The van der Waals surface area contributed by atoms with Crippen molar-refractivity contribution in [3.05, 3.63) is 12.2 Å².